The summed E-state index contributed by atoms with van der Waals surface area (Å²) in [6.45, 7) is 4.49. The second-order valence-electron chi connectivity index (χ2n) is 4.92. The van der Waals surface area contributed by atoms with E-state index < -0.39 is 0 Å². The Hall–Kier alpha value is -1.59. The Labute approximate surface area is 133 Å². The molecule has 2 rings (SSSR count). The predicted octanol–water partition coefficient (Wildman–Crippen LogP) is 3.72. The lowest BCUT2D eigenvalue weighted by Gasteiger charge is -2.16. The van der Waals surface area contributed by atoms with Gasteiger partial charge in [0.1, 0.15) is 11.5 Å². The molecule has 0 amide bonds. The topological polar surface area (TPSA) is 54.4 Å². The molecule has 5 heteroatoms. The molecular weight excluding hydrogens is 332 g/mol. The van der Waals surface area contributed by atoms with E-state index in [4.69, 9.17) is 4.74 Å². The van der Waals surface area contributed by atoms with Gasteiger partial charge in [0.05, 0.1) is 17.3 Å². The standard InChI is InChI=1S/C16H19BrN2O2/c1-10-4-6-15(20)14(19-10)9-18-11(2)12-5-7-16(21-3)13(17)8-12/h4-8,11,18,20H,9H2,1-3H3. The normalized spacial score (nSPS) is 12.2. The van der Waals surface area contributed by atoms with Crippen LogP contribution in [-0.4, -0.2) is 17.2 Å². The van der Waals surface area contributed by atoms with Gasteiger partial charge >= 0.3 is 0 Å². The maximum Gasteiger partial charge on any atom is 0.138 e. The Kier molecular flexibility index (Phi) is 5.20. The van der Waals surface area contributed by atoms with Gasteiger partial charge in [-0.25, -0.2) is 0 Å². The number of halogens is 1. The van der Waals surface area contributed by atoms with Crippen LogP contribution in [-0.2, 0) is 6.54 Å². The molecule has 1 aromatic heterocycles. The Morgan fingerprint density at radius 2 is 2.10 bits per heavy atom. The Morgan fingerprint density at radius 1 is 1.33 bits per heavy atom. The molecule has 0 spiro atoms. The second kappa shape index (κ2) is 6.91. The zero-order valence-corrected chi connectivity index (χ0v) is 13.9. The number of aryl methyl sites for hydroxylation is 1. The van der Waals surface area contributed by atoms with Crippen LogP contribution >= 0.6 is 15.9 Å². The third kappa shape index (κ3) is 3.95. The van der Waals surface area contributed by atoms with E-state index in [0.717, 1.165) is 21.5 Å². The van der Waals surface area contributed by atoms with Crippen LogP contribution in [0.25, 0.3) is 0 Å². The van der Waals surface area contributed by atoms with Gasteiger partial charge in [0.2, 0.25) is 0 Å². The van der Waals surface area contributed by atoms with E-state index in [1.807, 2.05) is 25.1 Å². The maximum atomic E-state index is 9.80. The lowest BCUT2D eigenvalue weighted by Crippen LogP contribution is -2.19. The molecule has 0 aliphatic heterocycles. The Balaban J connectivity index is 2.06. The number of nitrogens with one attached hydrogen (secondary N) is 1. The van der Waals surface area contributed by atoms with Gasteiger partial charge in [-0.1, -0.05) is 6.07 Å². The van der Waals surface area contributed by atoms with Gasteiger partial charge in [-0.2, -0.15) is 0 Å². The molecule has 0 fully saturated rings. The van der Waals surface area contributed by atoms with Crippen molar-refractivity contribution in [1.82, 2.24) is 10.3 Å². The van der Waals surface area contributed by atoms with Crippen molar-refractivity contribution < 1.29 is 9.84 Å². The van der Waals surface area contributed by atoms with Crippen molar-refractivity contribution in [3.63, 3.8) is 0 Å². The summed E-state index contributed by atoms with van der Waals surface area (Å²) in [7, 11) is 1.65. The molecule has 21 heavy (non-hydrogen) atoms. The number of hydrogen-bond donors (Lipinski definition) is 2. The van der Waals surface area contributed by atoms with Crippen LogP contribution in [0.2, 0.25) is 0 Å². The van der Waals surface area contributed by atoms with E-state index in [1.165, 1.54) is 0 Å². The SMILES string of the molecule is COc1ccc(C(C)NCc2nc(C)ccc2O)cc1Br. The lowest BCUT2D eigenvalue weighted by molar-refractivity contribution is 0.411. The first-order chi connectivity index (χ1) is 10.0. The summed E-state index contributed by atoms with van der Waals surface area (Å²) in [6.07, 6.45) is 0. The number of pyridine rings is 1. The van der Waals surface area contributed by atoms with Gasteiger partial charge < -0.3 is 15.2 Å². The first-order valence-electron chi connectivity index (χ1n) is 6.73. The molecule has 0 saturated heterocycles. The number of methoxy groups -OCH3 is 1. The number of hydrogen-bond acceptors (Lipinski definition) is 4. The fourth-order valence-electron chi connectivity index (χ4n) is 2.05. The number of benzene rings is 1. The van der Waals surface area contributed by atoms with E-state index in [9.17, 15) is 5.11 Å². The highest BCUT2D eigenvalue weighted by molar-refractivity contribution is 9.10. The fraction of sp³-hybridized carbons (Fsp3) is 0.312. The number of aromatic nitrogens is 1. The minimum Gasteiger partial charge on any atom is -0.506 e. The molecule has 1 atom stereocenters. The number of aromatic hydroxyl groups is 1. The van der Waals surface area contributed by atoms with Gasteiger partial charge in [0.25, 0.3) is 0 Å². The summed E-state index contributed by atoms with van der Waals surface area (Å²) in [5.41, 5.74) is 2.69. The van der Waals surface area contributed by atoms with Crippen molar-refractivity contribution in [2.45, 2.75) is 26.4 Å². The summed E-state index contributed by atoms with van der Waals surface area (Å²) >= 11 is 3.49. The van der Waals surface area contributed by atoms with Gasteiger partial charge in [-0.15, -0.1) is 0 Å². The van der Waals surface area contributed by atoms with Crippen molar-refractivity contribution >= 4 is 15.9 Å². The zero-order chi connectivity index (χ0) is 15.4. The molecule has 112 valence electrons. The first-order valence-corrected chi connectivity index (χ1v) is 7.53. The van der Waals surface area contributed by atoms with Crippen molar-refractivity contribution in [3.05, 3.63) is 51.8 Å². The molecule has 2 N–H and O–H groups in total. The second-order valence-corrected chi connectivity index (χ2v) is 5.77. The summed E-state index contributed by atoms with van der Waals surface area (Å²) in [4.78, 5) is 4.34. The predicted molar refractivity (Wildman–Crippen MR) is 86.6 cm³/mol. The fourth-order valence-corrected chi connectivity index (χ4v) is 2.61. The third-order valence-corrected chi connectivity index (χ3v) is 3.96. The molecule has 0 aliphatic carbocycles. The monoisotopic (exact) mass is 350 g/mol. The molecular formula is C16H19BrN2O2. The largest absolute Gasteiger partial charge is 0.506 e. The highest BCUT2D eigenvalue weighted by atomic mass is 79.9. The molecule has 0 radical (unpaired) electrons. The Morgan fingerprint density at radius 3 is 2.76 bits per heavy atom. The number of nitrogens with zero attached hydrogens (tertiary/aromatic N) is 1. The van der Waals surface area contributed by atoms with Gasteiger partial charge in [0, 0.05) is 18.3 Å². The molecule has 1 aromatic carbocycles. The molecule has 2 aromatic rings. The highest BCUT2D eigenvalue weighted by Crippen LogP contribution is 2.28. The molecule has 0 bridgehead atoms. The lowest BCUT2D eigenvalue weighted by atomic mass is 10.1. The summed E-state index contributed by atoms with van der Waals surface area (Å²) < 4.78 is 6.15. The van der Waals surface area contributed by atoms with Crippen molar-refractivity contribution in [2.75, 3.05) is 7.11 Å². The van der Waals surface area contributed by atoms with Crippen molar-refractivity contribution in [1.29, 1.82) is 0 Å². The van der Waals surface area contributed by atoms with Crippen LogP contribution in [0.3, 0.4) is 0 Å². The molecule has 0 aliphatic rings. The molecule has 1 unspecified atom stereocenters. The van der Waals surface area contributed by atoms with Crippen molar-refractivity contribution in [3.8, 4) is 11.5 Å². The average molecular weight is 351 g/mol. The minimum absolute atomic E-state index is 0.133. The molecule has 4 nitrogen and oxygen atoms in total. The van der Waals surface area contributed by atoms with Crippen LogP contribution in [0, 0.1) is 6.92 Å². The van der Waals surface area contributed by atoms with Crippen molar-refractivity contribution in [2.24, 2.45) is 0 Å². The van der Waals surface area contributed by atoms with Crippen LogP contribution in [0.1, 0.15) is 29.9 Å². The van der Waals surface area contributed by atoms with E-state index in [1.54, 1.807) is 19.2 Å². The van der Waals surface area contributed by atoms with E-state index in [0.29, 0.717) is 12.2 Å². The summed E-state index contributed by atoms with van der Waals surface area (Å²) in [5.74, 6) is 1.03. The number of ether oxygens (including phenoxy) is 1. The quantitative estimate of drug-likeness (QED) is 0.862. The van der Waals surface area contributed by atoms with E-state index >= 15 is 0 Å². The highest BCUT2D eigenvalue weighted by Gasteiger charge is 2.10. The molecule has 0 saturated carbocycles. The molecule has 1 heterocycles. The first kappa shape index (κ1) is 15.8. The maximum absolute atomic E-state index is 9.80. The van der Waals surface area contributed by atoms with Gasteiger partial charge in [0.15, 0.2) is 0 Å². The van der Waals surface area contributed by atoms with Crippen LogP contribution < -0.4 is 10.1 Å². The zero-order valence-electron chi connectivity index (χ0n) is 12.4. The number of rotatable bonds is 5. The summed E-state index contributed by atoms with van der Waals surface area (Å²) in [6, 6.07) is 9.58. The minimum atomic E-state index is 0.133. The third-order valence-electron chi connectivity index (χ3n) is 3.34. The van der Waals surface area contributed by atoms with E-state index in [-0.39, 0.29) is 11.8 Å². The van der Waals surface area contributed by atoms with Crippen LogP contribution in [0.4, 0.5) is 0 Å². The summed E-state index contributed by atoms with van der Waals surface area (Å²) in [5, 5.41) is 13.2. The van der Waals surface area contributed by atoms with Gasteiger partial charge in [-0.05, 0) is 59.6 Å². The Bertz CT molecular complexity index is 632. The van der Waals surface area contributed by atoms with Crippen LogP contribution in [0.15, 0.2) is 34.8 Å². The average Bonchev–Trinajstić information content (AvgIpc) is 2.47. The smallest absolute Gasteiger partial charge is 0.138 e. The van der Waals surface area contributed by atoms with Gasteiger partial charge in [-0.3, -0.25) is 4.98 Å². The van der Waals surface area contributed by atoms with E-state index in [2.05, 4.69) is 33.2 Å². The van der Waals surface area contributed by atoms with Crippen LogP contribution in [0.5, 0.6) is 11.5 Å².